The molecule has 0 saturated carbocycles. The number of hydrogen-bond acceptors (Lipinski definition) is 4. The summed E-state index contributed by atoms with van der Waals surface area (Å²) in [6.45, 7) is 1.95. The molecule has 2 aliphatic rings. The number of fused-ring (bicyclic) bond motifs is 2. The first-order chi connectivity index (χ1) is 10.2. The quantitative estimate of drug-likeness (QED) is 0.860. The Bertz CT molecular complexity index is 780. The zero-order valence-corrected chi connectivity index (χ0v) is 11.8. The second-order valence-corrected chi connectivity index (χ2v) is 5.38. The average Bonchev–Trinajstić information content (AvgIpc) is 2.98. The Labute approximate surface area is 122 Å². The maximum atomic E-state index is 12.2. The summed E-state index contributed by atoms with van der Waals surface area (Å²) >= 11 is 0. The zero-order valence-electron chi connectivity index (χ0n) is 11.8. The predicted molar refractivity (Wildman–Crippen MR) is 78.7 cm³/mol. The van der Waals surface area contributed by atoms with E-state index < -0.39 is 0 Å². The van der Waals surface area contributed by atoms with Crippen LogP contribution in [0.2, 0.25) is 0 Å². The maximum Gasteiger partial charge on any atom is 0.251 e. The van der Waals surface area contributed by atoms with Crippen LogP contribution >= 0.6 is 0 Å². The van der Waals surface area contributed by atoms with E-state index in [-0.39, 0.29) is 12.4 Å². The molecule has 0 spiro atoms. The van der Waals surface area contributed by atoms with Gasteiger partial charge in [0.1, 0.15) is 0 Å². The lowest BCUT2D eigenvalue weighted by Crippen LogP contribution is -2.31. The Kier molecular flexibility index (Phi) is 2.75. The highest BCUT2D eigenvalue weighted by Gasteiger charge is 2.20. The van der Waals surface area contributed by atoms with Crippen LogP contribution in [-0.4, -0.2) is 17.9 Å². The van der Waals surface area contributed by atoms with Gasteiger partial charge in [-0.25, -0.2) is 0 Å². The van der Waals surface area contributed by atoms with Gasteiger partial charge in [-0.15, -0.1) is 0 Å². The number of benzene rings is 1. The van der Waals surface area contributed by atoms with Crippen molar-refractivity contribution >= 4 is 0 Å². The van der Waals surface area contributed by atoms with Gasteiger partial charge in [0.2, 0.25) is 6.79 Å². The van der Waals surface area contributed by atoms with E-state index in [1.54, 1.807) is 10.6 Å². The Hall–Kier alpha value is -2.27. The lowest BCUT2D eigenvalue weighted by Gasteiger charge is -2.23. The van der Waals surface area contributed by atoms with E-state index >= 15 is 0 Å². The highest BCUT2D eigenvalue weighted by atomic mass is 16.7. The van der Waals surface area contributed by atoms with E-state index in [9.17, 15) is 4.79 Å². The Morgan fingerprint density at radius 3 is 2.95 bits per heavy atom. The van der Waals surface area contributed by atoms with Crippen molar-refractivity contribution in [1.29, 1.82) is 0 Å². The standard InChI is InChI=1S/C16H16N2O3/c1-18-13-4-5-17-8-12(13)11(7-16(18)19)10-2-3-14-15(6-10)21-9-20-14/h2-3,6-7,17H,4-5,8-9H2,1H3. The number of nitrogens with one attached hydrogen (secondary N) is 1. The molecule has 5 heteroatoms. The van der Waals surface area contributed by atoms with Gasteiger partial charge in [0.15, 0.2) is 11.5 Å². The second-order valence-electron chi connectivity index (χ2n) is 5.38. The number of nitrogens with zero attached hydrogens (tertiary/aromatic N) is 1. The number of aromatic nitrogens is 1. The Morgan fingerprint density at radius 2 is 2.05 bits per heavy atom. The molecule has 0 atom stereocenters. The largest absolute Gasteiger partial charge is 0.454 e. The third kappa shape index (κ3) is 1.93. The van der Waals surface area contributed by atoms with E-state index in [1.165, 1.54) is 5.56 Å². The van der Waals surface area contributed by atoms with Gasteiger partial charge in [0.05, 0.1) is 0 Å². The molecule has 2 aliphatic heterocycles. The highest BCUT2D eigenvalue weighted by molar-refractivity contribution is 5.71. The molecule has 0 unspecified atom stereocenters. The molecule has 0 fully saturated rings. The lowest BCUT2D eigenvalue weighted by molar-refractivity contribution is 0.174. The fraction of sp³-hybridized carbons (Fsp3) is 0.312. The molecule has 21 heavy (non-hydrogen) atoms. The third-order valence-electron chi connectivity index (χ3n) is 4.20. The fourth-order valence-corrected chi connectivity index (χ4v) is 3.06. The van der Waals surface area contributed by atoms with Gasteiger partial charge >= 0.3 is 0 Å². The van der Waals surface area contributed by atoms with Gasteiger partial charge < -0.3 is 19.4 Å². The van der Waals surface area contributed by atoms with Gasteiger partial charge in [-0.1, -0.05) is 6.07 Å². The van der Waals surface area contributed by atoms with Crippen molar-refractivity contribution in [3.8, 4) is 22.6 Å². The van der Waals surface area contributed by atoms with E-state index in [1.807, 2.05) is 25.2 Å². The van der Waals surface area contributed by atoms with E-state index in [0.717, 1.165) is 47.8 Å². The zero-order chi connectivity index (χ0) is 14.4. The van der Waals surface area contributed by atoms with Crippen molar-refractivity contribution in [3.63, 3.8) is 0 Å². The van der Waals surface area contributed by atoms with Gasteiger partial charge in [0, 0.05) is 38.3 Å². The van der Waals surface area contributed by atoms with Crippen LogP contribution in [0.4, 0.5) is 0 Å². The van der Waals surface area contributed by atoms with Crippen molar-refractivity contribution in [2.45, 2.75) is 13.0 Å². The summed E-state index contributed by atoms with van der Waals surface area (Å²) in [5.41, 5.74) is 4.33. The van der Waals surface area contributed by atoms with Gasteiger partial charge in [-0.2, -0.15) is 0 Å². The van der Waals surface area contributed by atoms with Crippen LogP contribution in [0.1, 0.15) is 11.3 Å². The summed E-state index contributed by atoms with van der Waals surface area (Å²) in [5.74, 6) is 1.50. The van der Waals surface area contributed by atoms with E-state index in [2.05, 4.69) is 5.32 Å². The normalized spacial score (nSPS) is 15.9. The molecule has 108 valence electrons. The minimum Gasteiger partial charge on any atom is -0.454 e. The predicted octanol–water partition coefficient (Wildman–Crippen LogP) is 1.43. The van der Waals surface area contributed by atoms with E-state index in [4.69, 9.17) is 9.47 Å². The van der Waals surface area contributed by atoms with Gasteiger partial charge in [-0.3, -0.25) is 4.79 Å². The van der Waals surface area contributed by atoms with Gasteiger partial charge in [0.25, 0.3) is 5.56 Å². The number of ether oxygens (including phenoxy) is 2. The molecule has 0 bridgehead atoms. The SMILES string of the molecule is Cn1c2c(c(-c3ccc4c(c3)OCO4)cc1=O)CNCC2. The number of pyridine rings is 1. The molecule has 4 rings (SSSR count). The second kappa shape index (κ2) is 4.63. The van der Waals surface area contributed by atoms with Crippen LogP contribution in [0.5, 0.6) is 11.5 Å². The topological polar surface area (TPSA) is 52.5 Å². The smallest absolute Gasteiger partial charge is 0.251 e. The van der Waals surface area contributed by atoms with Crippen LogP contribution in [0.15, 0.2) is 29.1 Å². The molecule has 0 aliphatic carbocycles. The summed E-state index contributed by atoms with van der Waals surface area (Å²) in [6, 6.07) is 7.55. The minimum absolute atomic E-state index is 0.0308. The summed E-state index contributed by atoms with van der Waals surface area (Å²) in [5, 5.41) is 3.38. The maximum absolute atomic E-state index is 12.2. The number of hydrogen-bond donors (Lipinski definition) is 1. The minimum atomic E-state index is 0.0308. The Morgan fingerprint density at radius 1 is 1.19 bits per heavy atom. The van der Waals surface area contributed by atoms with Crippen LogP contribution < -0.4 is 20.3 Å². The number of rotatable bonds is 1. The summed E-state index contributed by atoms with van der Waals surface area (Å²) in [7, 11) is 1.84. The summed E-state index contributed by atoms with van der Waals surface area (Å²) < 4.78 is 12.5. The molecule has 0 radical (unpaired) electrons. The first kappa shape index (κ1) is 12.5. The third-order valence-corrected chi connectivity index (χ3v) is 4.20. The van der Waals surface area contributed by atoms with E-state index in [0.29, 0.717) is 0 Å². The summed E-state index contributed by atoms with van der Waals surface area (Å²) in [6.07, 6.45) is 0.874. The fourth-order valence-electron chi connectivity index (χ4n) is 3.06. The molecular formula is C16H16N2O3. The molecule has 1 aromatic carbocycles. The average molecular weight is 284 g/mol. The summed E-state index contributed by atoms with van der Waals surface area (Å²) in [4.78, 5) is 12.2. The van der Waals surface area contributed by atoms with Crippen molar-refractivity contribution in [3.05, 3.63) is 45.9 Å². The van der Waals surface area contributed by atoms with Crippen LogP contribution in [-0.2, 0) is 20.0 Å². The molecule has 2 aromatic rings. The van der Waals surface area contributed by atoms with Crippen molar-refractivity contribution in [2.24, 2.45) is 7.05 Å². The molecule has 1 N–H and O–H groups in total. The first-order valence-corrected chi connectivity index (χ1v) is 7.06. The lowest BCUT2D eigenvalue weighted by atomic mass is 9.95. The Balaban J connectivity index is 1.92. The van der Waals surface area contributed by atoms with Gasteiger partial charge in [-0.05, 0) is 28.8 Å². The van der Waals surface area contributed by atoms with Crippen LogP contribution in [0.3, 0.4) is 0 Å². The molecule has 5 nitrogen and oxygen atoms in total. The van der Waals surface area contributed by atoms with Crippen LogP contribution in [0, 0.1) is 0 Å². The highest BCUT2D eigenvalue weighted by Crippen LogP contribution is 2.37. The first-order valence-electron chi connectivity index (χ1n) is 7.06. The van der Waals surface area contributed by atoms with Crippen LogP contribution in [0.25, 0.3) is 11.1 Å². The monoisotopic (exact) mass is 284 g/mol. The molecule has 0 saturated heterocycles. The molecular weight excluding hydrogens is 268 g/mol. The van der Waals surface area contributed by atoms with Crippen molar-refractivity contribution < 1.29 is 9.47 Å². The molecule has 1 aromatic heterocycles. The molecule has 3 heterocycles. The van der Waals surface area contributed by atoms with Crippen molar-refractivity contribution in [2.75, 3.05) is 13.3 Å². The van der Waals surface area contributed by atoms with Crippen molar-refractivity contribution in [1.82, 2.24) is 9.88 Å². The molecule has 0 amide bonds.